The van der Waals surface area contributed by atoms with E-state index in [-0.39, 0.29) is 43.9 Å². The Morgan fingerprint density at radius 2 is 1.90 bits per heavy atom. The van der Waals surface area contributed by atoms with E-state index in [1.54, 1.807) is 25.3 Å². The van der Waals surface area contributed by atoms with Crippen LogP contribution in [0.4, 0.5) is 18.9 Å². The number of rotatable bonds is 8. The Morgan fingerprint density at radius 1 is 1.19 bits per heavy atom. The van der Waals surface area contributed by atoms with E-state index in [0.29, 0.717) is 18.0 Å². The molecule has 3 fully saturated rings. The summed E-state index contributed by atoms with van der Waals surface area (Å²) in [5, 5.41) is 5.35. The lowest BCUT2D eigenvalue weighted by atomic mass is 10.1. The highest BCUT2D eigenvalue weighted by molar-refractivity contribution is 5.92. The Balaban J connectivity index is 1.19. The normalized spacial score (nSPS) is 24.8. The third-order valence-electron chi connectivity index (χ3n) is 6.58. The van der Waals surface area contributed by atoms with Gasteiger partial charge >= 0.3 is 6.18 Å². The number of amides is 2. The van der Waals surface area contributed by atoms with Crippen molar-refractivity contribution in [1.29, 1.82) is 0 Å². The molecular weight excluding hydrogens is 413 g/mol. The van der Waals surface area contributed by atoms with Gasteiger partial charge in [-0.3, -0.25) is 19.4 Å². The third kappa shape index (κ3) is 4.50. The lowest BCUT2D eigenvalue weighted by Crippen LogP contribution is -2.51. The summed E-state index contributed by atoms with van der Waals surface area (Å²) in [7, 11) is 1.57. The molecule has 170 valence electrons. The molecule has 1 aliphatic carbocycles. The highest BCUT2D eigenvalue weighted by Gasteiger charge is 2.68. The molecule has 2 amide bonds. The standard InChI is InChI=1S/C21H27F3N4O3/c1-31-17-4-2-3-14(9-17)26-18(29)13-28-12-15-10-16(28)11-27(15)8-7-25-19(30)20(5-6-20)21(22,23)24/h2-4,9,15-16H,5-8,10-13H2,1H3,(H,25,30)(H,26,29). The van der Waals surface area contributed by atoms with Crippen LogP contribution in [0, 0.1) is 5.41 Å². The number of hydrogen-bond donors (Lipinski definition) is 2. The molecule has 2 atom stereocenters. The number of nitrogens with zero attached hydrogens (tertiary/aromatic N) is 2. The molecule has 1 aromatic rings. The molecule has 2 unspecified atom stereocenters. The molecule has 0 radical (unpaired) electrons. The van der Waals surface area contributed by atoms with Crippen molar-refractivity contribution in [2.75, 3.05) is 45.2 Å². The molecular formula is C21H27F3N4O3. The Labute approximate surface area is 178 Å². The van der Waals surface area contributed by atoms with Crippen LogP contribution in [-0.2, 0) is 9.59 Å². The zero-order chi connectivity index (χ0) is 22.2. The number of nitrogens with one attached hydrogen (secondary N) is 2. The average molecular weight is 440 g/mol. The number of hydrogen-bond acceptors (Lipinski definition) is 5. The molecule has 7 nitrogen and oxygen atoms in total. The molecule has 3 aliphatic rings. The van der Waals surface area contributed by atoms with Gasteiger partial charge in [-0.25, -0.2) is 0 Å². The number of piperazine rings is 1. The van der Waals surface area contributed by atoms with Crippen molar-refractivity contribution in [2.24, 2.45) is 5.41 Å². The fraction of sp³-hybridized carbons (Fsp3) is 0.619. The molecule has 0 spiro atoms. The number of ether oxygens (including phenoxy) is 1. The van der Waals surface area contributed by atoms with Crippen LogP contribution in [0.5, 0.6) is 5.75 Å². The van der Waals surface area contributed by atoms with E-state index in [2.05, 4.69) is 20.4 Å². The van der Waals surface area contributed by atoms with Crippen LogP contribution in [0.25, 0.3) is 0 Å². The first-order valence-corrected chi connectivity index (χ1v) is 10.5. The minimum absolute atomic E-state index is 0.0958. The summed E-state index contributed by atoms with van der Waals surface area (Å²) in [6, 6.07) is 7.67. The van der Waals surface area contributed by atoms with E-state index in [1.807, 2.05) is 6.07 Å². The largest absolute Gasteiger partial charge is 0.497 e. The maximum absolute atomic E-state index is 13.0. The monoisotopic (exact) mass is 440 g/mol. The molecule has 4 rings (SSSR count). The van der Waals surface area contributed by atoms with E-state index in [4.69, 9.17) is 4.74 Å². The number of likely N-dealkylation sites (tertiary alicyclic amines) is 2. The highest BCUT2D eigenvalue weighted by atomic mass is 19.4. The predicted molar refractivity (Wildman–Crippen MR) is 108 cm³/mol. The number of carbonyl (C=O) groups is 2. The molecule has 1 saturated carbocycles. The number of anilines is 1. The van der Waals surface area contributed by atoms with E-state index in [1.165, 1.54) is 0 Å². The highest BCUT2D eigenvalue weighted by Crippen LogP contribution is 2.57. The Morgan fingerprint density at radius 3 is 2.52 bits per heavy atom. The molecule has 2 aliphatic heterocycles. The van der Waals surface area contributed by atoms with Crippen molar-refractivity contribution >= 4 is 17.5 Å². The van der Waals surface area contributed by atoms with E-state index < -0.39 is 17.5 Å². The minimum Gasteiger partial charge on any atom is -0.497 e. The minimum atomic E-state index is -4.48. The lowest BCUT2D eigenvalue weighted by Gasteiger charge is -2.33. The average Bonchev–Trinajstić information content (AvgIpc) is 3.35. The van der Waals surface area contributed by atoms with Gasteiger partial charge in [0.1, 0.15) is 11.2 Å². The number of carbonyl (C=O) groups excluding carboxylic acids is 2. The molecule has 0 aromatic heterocycles. The van der Waals surface area contributed by atoms with Gasteiger partial charge in [-0.15, -0.1) is 0 Å². The van der Waals surface area contributed by atoms with Gasteiger partial charge in [-0.2, -0.15) is 13.2 Å². The lowest BCUT2D eigenvalue weighted by molar-refractivity contribution is -0.192. The smallest absolute Gasteiger partial charge is 0.403 e. The molecule has 2 heterocycles. The summed E-state index contributed by atoms with van der Waals surface area (Å²) >= 11 is 0. The van der Waals surface area contributed by atoms with E-state index in [0.717, 1.165) is 19.5 Å². The van der Waals surface area contributed by atoms with Crippen LogP contribution in [0.15, 0.2) is 24.3 Å². The van der Waals surface area contributed by atoms with Crippen LogP contribution < -0.4 is 15.4 Å². The Bertz CT molecular complexity index is 843. The van der Waals surface area contributed by atoms with Crippen LogP contribution in [0.2, 0.25) is 0 Å². The SMILES string of the molecule is COc1cccc(NC(=O)CN2CC3CC2CN3CCNC(=O)C2(C(F)(F)F)CC2)c1. The van der Waals surface area contributed by atoms with Gasteiger partial charge in [0.15, 0.2) is 0 Å². The molecule has 31 heavy (non-hydrogen) atoms. The third-order valence-corrected chi connectivity index (χ3v) is 6.58. The van der Waals surface area contributed by atoms with Crippen molar-refractivity contribution < 1.29 is 27.5 Å². The number of benzene rings is 1. The predicted octanol–water partition coefficient (Wildman–Crippen LogP) is 1.85. The van der Waals surface area contributed by atoms with Gasteiger partial charge in [0.25, 0.3) is 0 Å². The molecule has 1 aromatic carbocycles. The first-order chi connectivity index (χ1) is 14.7. The van der Waals surface area contributed by atoms with Gasteiger partial charge in [0, 0.05) is 50.0 Å². The fourth-order valence-electron chi connectivity index (χ4n) is 4.63. The molecule has 2 bridgehead atoms. The van der Waals surface area contributed by atoms with Crippen molar-refractivity contribution in [3.05, 3.63) is 24.3 Å². The molecule has 10 heteroatoms. The maximum Gasteiger partial charge on any atom is 0.403 e. The van der Waals surface area contributed by atoms with E-state index in [9.17, 15) is 22.8 Å². The summed E-state index contributed by atoms with van der Waals surface area (Å²) in [5.41, 5.74) is -1.48. The second-order valence-corrected chi connectivity index (χ2v) is 8.58. The first kappa shape index (κ1) is 21.9. The number of methoxy groups -OCH3 is 1. The van der Waals surface area contributed by atoms with Gasteiger partial charge in [-0.1, -0.05) is 6.07 Å². The van der Waals surface area contributed by atoms with Crippen LogP contribution in [0.3, 0.4) is 0 Å². The van der Waals surface area contributed by atoms with Crippen LogP contribution in [-0.4, -0.2) is 79.7 Å². The number of halogens is 3. The van der Waals surface area contributed by atoms with Crippen LogP contribution >= 0.6 is 0 Å². The Hall–Kier alpha value is -2.33. The fourth-order valence-corrected chi connectivity index (χ4v) is 4.63. The van der Waals surface area contributed by atoms with Crippen molar-refractivity contribution in [2.45, 2.75) is 37.5 Å². The van der Waals surface area contributed by atoms with Crippen molar-refractivity contribution in [1.82, 2.24) is 15.1 Å². The zero-order valence-electron chi connectivity index (χ0n) is 17.4. The first-order valence-electron chi connectivity index (χ1n) is 10.5. The summed E-state index contributed by atoms with van der Waals surface area (Å²) < 4.78 is 44.2. The summed E-state index contributed by atoms with van der Waals surface area (Å²) in [6.45, 7) is 2.49. The van der Waals surface area contributed by atoms with Crippen LogP contribution in [0.1, 0.15) is 19.3 Å². The topological polar surface area (TPSA) is 73.9 Å². The van der Waals surface area contributed by atoms with Gasteiger partial charge in [0.2, 0.25) is 11.8 Å². The summed E-state index contributed by atoms with van der Waals surface area (Å²) in [5.74, 6) is -0.328. The maximum atomic E-state index is 13.0. The van der Waals surface area contributed by atoms with Crippen molar-refractivity contribution in [3.8, 4) is 5.75 Å². The van der Waals surface area contributed by atoms with E-state index >= 15 is 0 Å². The molecule has 2 saturated heterocycles. The Kier molecular flexibility index (Phi) is 5.87. The van der Waals surface area contributed by atoms with Crippen molar-refractivity contribution in [3.63, 3.8) is 0 Å². The zero-order valence-corrected chi connectivity index (χ0v) is 17.4. The molecule has 2 N–H and O–H groups in total. The number of fused-ring (bicyclic) bond motifs is 2. The second kappa shape index (κ2) is 8.31. The van der Waals surface area contributed by atoms with Gasteiger partial charge < -0.3 is 15.4 Å². The second-order valence-electron chi connectivity index (χ2n) is 8.58. The van der Waals surface area contributed by atoms with Gasteiger partial charge in [-0.05, 0) is 31.4 Å². The summed E-state index contributed by atoms with van der Waals surface area (Å²) in [6.07, 6.45) is -3.80. The number of alkyl halides is 3. The van der Waals surface area contributed by atoms with Gasteiger partial charge in [0.05, 0.1) is 13.7 Å². The quantitative estimate of drug-likeness (QED) is 0.646. The summed E-state index contributed by atoms with van der Waals surface area (Å²) in [4.78, 5) is 28.7.